The van der Waals surface area contributed by atoms with Crippen molar-refractivity contribution < 1.29 is 9.13 Å². The predicted molar refractivity (Wildman–Crippen MR) is 97.9 cm³/mol. The highest BCUT2D eigenvalue weighted by molar-refractivity contribution is 7.71. The Bertz CT molecular complexity index is 977. The van der Waals surface area contributed by atoms with Gasteiger partial charge in [-0.05, 0) is 42.0 Å². The second-order valence-corrected chi connectivity index (χ2v) is 5.48. The minimum Gasteiger partial charge on any atom is -0.490 e. The van der Waals surface area contributed by atoms with Gasteiger partial charge >= 0.3 is 0 Å². The van der Waals surface area contributed by atoms with E-state index in [1.807, 2.05) is 24.3 Å². The molecule has 0 spiro atoms. The van der Waals surface area contributed by atoms with E-state index in [0.29, 0.717) is 28.5 Å². The van der Waals surface area contributed by atoms with Gasteiger partial charge in [0.25, 0.3) is 0 Å². The molecule has 25 heavy (non-hydrogen) atoms. The molecular formula is C18H15FN4OS. The number of halogens is 1. The van der Waals surface area contributed by atoms with Gasteiger partial charge in [-0.2, -0.15) is 14.9 Å². The average molecular weight is 354 g/mol. The summed E-state index contributed by atoms with van der Waals surface area (Å²) < 4.78 is 20.7. The number of aromatic amines is 1. The summed E-state index contributed by atoms with van der Waals surface area (Å²) in [5.74, 6) is 0.791. The normalized spacial score (nSPS) is 10.9. The molecule has 0 amide bonds. The van der Waals surface area contributed by atoms with Crippen molar-refractivity contribution in [3.05, 3.63) is 77.3 Å². The van der Waals surface area contributed by atoms with Crippen LogP contribution in [-0.4, -0.2) is 27.7 Å². The molecule has 1 aromatic heterocycles. The van der Waals surface area contributed by atoms with Crippen LogP contribution in [0, 0.1) is 10.6 Å². The predicted octanol–water partition coefficient (Wildman–Crippen LogP) is 4.19. The van der Waals surface area contributed by atoms with Crippen molar-refractivity contribution in [2.24, 2.45) is 5.10 Å². The number of hydrogen-bond donors (Lipinski definition) is 1. The summed E-state index contributed by atoms with van der Waals surface area (Å²) in [6.07, 6.45) is 3.31. The number of H-pyrrole nitrogens is 1. The summed E-state index contributed by atoms with van der Waals surface area (Å²) in [6, 6.07) is 13.5. The van der Waals surface area contributed by atoms with Gasteiger partial charge in [0, 0.05) is 5.56 Å². The maximum absolute atomic E-state index is 13.5. The third-order valence-corrected chi connectivity index (χ3v) is 3.55. The molecule has 0 saturated heterocycles. The summed E-state index contributed by atoms with van der Waals surface area (Å²) in [5, 5.41) is 11.2. The number of ether oxygens (including phenoxy) is 1. The quantitative estimate of drug-likeness (QED) is 0.410. The van der Waals surface area contributed by atoms with E-state index in [9.17, 15) is 4.39 Å². The van der Waals surface area contributed by atoms with Gasteiger partial charge in [-0.3, -0.25) is 0 Å². The van der Waals surface area contributed by atoms with E-state index in [0.717, 1.165) is 5.56 Å². The van der Waals surface area contributed by atoms with E-state index in [4.69, 9.17) is 17.0 Å². The fraction of sp³-hybridized carbons (Fsp3) is 0.0556. The second-order valence-electron chi connectivity index (χ2n) is 5.09. The Kier molecular flexibility index (Phi) is 5.15. The molecule has 0 aliphatic heterocycles. The van der Waals surface area contributed by atoms with Crippen LogP contribution in [-0.2, 0) is 0 Å². The van der Waals surface area contributed by atoms with Gasteiger partial charge in [0.1, 0.15) is 18.2 Å². The molecule has 2 aromatic carbocycles. The van der Waals surface area contributed by atoms with Crippen LogP contribution in [0.3, 0.4) is 0 Å². The molecule has 1 N–H and O–H groups in total. The first-order valence-corrected chi connectivity index (χ1v) is 7.89. The van der Waals surface area contributed by atoms with Crippen LogP contribution in [0.25, 0.3) is 11.4 Å². The molecule has 0 aliphatic carbocycles. The largest absolute Gasteiger partial charge is 0.490 e. The molecule has 0 bridgehead atoms. The lowest BCUT2D eigenvalue weighted by Crippen LogP contribution is -1.96. The van der Waals surface area contributed by atoms with Gasteiger partial charge in [0.15, 0.2) is 5.82 Å². The number of hydrogen-bond acceptors (Lipinski definition) is 4. The topological polar surface area (TPSA) is 55.2 Å². The molecule has 0 atom stereocenters. The van der Waals surface area contributed by atoms with Crippen LogP contribution in [0.1, 0.15) is 5.56 Å². The summed E-state index contributed by atoms with van der Waals surface area (Å²) in [7, 11) is 0. The fourth-order valence-electron chi connectivity index (χ4n) is 2.18. The smallest absolute Gasteiger partial charge is 0.216 e. The maximum Gasteiger partial charge on any atom is 0.216 e. The van der Waals surface area contributed by atoms with Gasteiger partial charge in [-0.25, -0.2) is 9.49 Å². The first-order valence-electron chi connectivity index (χ1n) is 7.49. The summed E-state index contributed by atoms with van der Waals surface area (Å²) in [6.45, 7) is 4.05. The van der Waals surface area contributed by atoms with Crippen LogP contribution in [0.4, 0.5) is 4.39 Å². The Morgan fingerprint density at radius 2 is 2.12 bits per heavy atom. The van der Waals surface area contributed by atoms with Crippen molar-refractivity contribution >= 4 is 18.4 Å². The van der Waals surface area contributed by atoms with E-state index in [1.54, 1.807) is 24.4 Å². The molecule has 0 aliphatic rings. The first-order chi connectivity index (χ1) is 12.2. The van der Waals surface area contributed by atoms with Gasteiger partial charge in [-0.1, -0.05) is 36.9 Å². The molecule has 0 saturated carbocycles. The number of benzene rings is 2. The molecule has 126 valence electrons. The van der Waals surface area contributed by atoms with Crippen LogP contribution in [0.2, 0.25) is 0 Å². The van der Waals surface area contributed by atoms with Gasteiger partial charge in [0.05, 0.1) is 6.21 Å². The lowest BCUT2D eigenvalue weighted by atomic mass is 10.2. The third kappa shape index (κ3) is 4.07. The number of aromatic nitrogens is 3. The molecular weight excluding hydrogens is 339 g/mol. The monoisotopic (exact) mass is 354 g/mol. The Labute approximate surface area is 149 Å². The number of nitrogens with zero attached hydrogens (tertiary/aromatic N) is 3. The van der Waals surface area contributed by atoms with Crippen molar-refractivity contribution in [2.75, 3.05) is 6.61 Å². The third-order valence-electron chi connectivity index (χ3n) is 3.28. The average Bonchev–Trinajstić information content (AvgIpc) is 2.99. The second kappa shape index (κ2) is 7.67. The van der Waals surface area contributed by atoms with Crippen molar-refractivity contribution in [2.45, 2.75) is 0 Å². The summed E-state index contributed by atoms with van der Waals surface area (Å²) >= 11 is 5.21. The first kappa shape index (κ1) is 16.8. The van der Waals surface area contributed by atoms with E-state index >= 15 is 0 Å². The maximum atomic E-state index is 13.5. The fourth-order valence-corrected chi connectivity index (χ4v) is 2.36. The zero-order chi connectivity index (χ0) is 17.6. The zero-order valence-electron chi connectivity index (χ0n) is 13.2. The van der Waals surface area contributed by atoms with E-state index in [1.165, 1.54) is 16.8 Å². The Morgan fingerprint density at radius 3 is 2.92 bits per heavy atom. The highest BCUT2D eigenvalue weighted by Gasteiger charge is 2.08. The Hall–Kier alpha value is -3.06. The van der Waals surface area contributed by atoms with Crippen molar-refractivity contribution in [3.63, 3.8) is 0 Å². The molecule has 0 radical (unpaired) electrons. The minimum atomic E-state index is -0.353. The van der Waals surface area contributed by atoms with Crippen LogP contribution >= 0.6 is 12.2 Å². The van der Waals surface area contributed by atoms with Gasteiger partial charge < -0.3 is 4.74 Å². The van der Waals surface area contributed by atoms with Crippen LogP contribution in [0.15, 0.2) is 66.3 Å². The van der Waals surface area contributed by atoms with E-state index in [-0.39, 0.29) is 5.82 Å². The molecule has 0 unspecified atom stereocenters. The number of nitrogens with one attached hydrogen (secondary N) is 1. The SMILES string of the molecule is C=CCOc1cccc(/C=N\n2c(-c3cccc(F)c3)n[nH]c2=S)c1. The lowest BCUT2D eigenvalue weighted by molar-refractivity contribution is 0.363. The van der Waals surface area contributed by atoms with Crippen molar-refractivity contribution in [1.82, 2.24) is 14.9 Å². The Morgan fingerprint density at radius 1 is 1.28 bits per heavy atom. The van der Waals surface area contributed by atoms with E-state index in [2.05, 4.69) is 21.9 Å². The van der Waals surface area contributed by atoms with Crippen molar-refractivity contribution in [1.29, 1.82) is 0 Å². The standard InChI is InChI=1S/C18H15FN4OS/c1-2-9-24-16-8-3-5-13(10-16)12-20-23-17(21-22-18(23)25)14-6-4-7-15(19)11-14/h2-8,10-12H,1,9H2,(H,22,25)/b20-12-. The highest BCUT2D eigenvalue weighted by atomic mass is 32.1. The molecule has 7 heteroatoms. The summed E-state index contributed by atoms with van der Waals surface area (Å²) in [4.78, 5) is 0. The van der Waals surface area contributed by atoms with Crippen LogP contribution in [0.5, 0.6) is 5.75 Å². The Balaban J connectivity index is 1.91. The molecule has 5 nitrogen and oxygen atoms in total. The van der Waals surface area contributed by atoms with Crippen LogP contribution < -0.4 is 4.74 Å². The molecule has 1 heterocycles. The molecule has 0 fully saturated rings. The number of rotatable bonds is 6. The van der Waals surface area contributed by atoms with Gasteiger partial charge in [-0.15, -0.1) is 0 Å². The molecule has 3 aromatic rings. The zero-order valence-corrected chi connectivity index (χ0v) is 14.0. The van der Waals surface area contributed by atoms with Crippen molar-refractivity contribution in [3.8, 4) is 17.1 Å². The summed E-state index contributed by atoms with van der Waals surface area (Å²) in [5.41, 5.74) is 1.41. The lowest BCUT2D eigenvalue weighted by Gasteiger charge is -2.04. The molecule has 3 rings (SSSR count). The van der Waals surface area contributed by atoms with Gasteiger partial charge in [0.2, 0.25) is 4.77 Å². The minimum absolute atomic E-state index is 0.314. The highest BCUT2D eigenvalue weighted by Crippen LogP contribution is 2.18. The van der Waals surface area contributed by atoms with E-state index < -0.39 is 0 Å².